The topological polar surface area (TPSA) is 54.0 Å². The Bertz CT molecular complexity index is 497. The Morgan fingerprint density at radius 2 is 1.68 bits per heavy atom. The van der Waals surface area contributed by atoms with E-state index in [9.17, 15) is 4.79 Å². The second-order valence-electron chi connectivity index (χ2n) is 9.60. The molecule has 0 N–H and O–H groups in total. The van der Waals surface area contributed by atoms with Crippen LogP contribution in [0.4, 0.5) is 0 Å². The Morgan fingerprint density at radius 3 is 2.16 bits per heavy atom. The van der Waals surface area contributed by atoms with Crippen LogP contribution in [0.2, 0.25) is 18.1 Å². The number of hydrogen-bond donors (Lipinski definition) is 0. The van der Waals surface area contributed by atoms with Gasteiger partial charge in [0, 0.05) is 6.08 Å². The predicted molar refractivity (Wildman–Crippen MR) is 102 cm³/mol. The lowest BCUT2D eigenvalue weighted by atomic mass is 10.2. The molecule has 1 heterocycles. The Labute approximate surface area is 154 Å². The molecule has 1 aliphatic rings. The largest absolute Gasteiger partial charge is 0.457 e. The normalized spacial score (nSPS) is 24.7. The Morgan fingerprint density at radius 1 is 1.12 bits per heavy atom. The second kappa shape index (κ2) is 7.51. The average Bonchev–Trinajstić information content (AvgIpc) is 2.65. The van der Waals surface area contributed by atoms with Crippen LogP contribution in [-0.4, -0.2) is 44.5 Å². The summed E-state index contributed by atoms with van der Waals surface area (Å²) in [6, 6.07) is 0. The van der Waals surface area contributed by atoms with Gasteiger partial charge in [0.1, 0.15) is 17.8 Å². The van der Waals surface area contributed by atoms with Crippen molar-refractivity contribution >= 4 is 14.3 Å². The molecule has 5 nitrogen and oxygen atoms in total. The molecule has 1 rings (SSSR count). The Hall–Kier alpha value is -0.693. The Balaban J connectivity index is 2.75. The second-order valence-corrected chi connectivity index (χ2v) is 14.4. The molecule has 0 spiro atoms. The molecule has 0 saturated carbocycles. The number of carbonyl (C=O) groups is 1. The number of hydrogen-bond acceptors (Lipinski definition) is 5. The van der Waals surface area contributed by atoms with Crippen molar-refractivity contribution in [2.24, 2.45) is 0 Å². The van der Waals surface area contributed by atoms with Crippen LogP contribution in [0.3, 0.4) is 0 Å². The highest BCUT2D eigenvalue weighted by Gasteiger charge is 2.43. The van der Waals surface area contributed by atoms with Gasteiger partial charge in [0.2, 0.25) is 0 Å². The highest BCUT2D eigenvalue weighted by molar-refractivity contribution is 6.74. The van der Waals surface area contributed by atoms with E-state index in [1.54, 1.807) is 6.08 Å². The maximum absolute atomic E-state index is 11.9. The van der Waals surface area contributed by atoms with Crippen molar-refractivity contribution in [2.45, 2.75) is 97.1 Å². The zero-order chi connectivity index (χ0) is 19.7. The molecule has 1 aliphatic heterocycles. The summed E-state index contributed by atoms with van der Waals surface area (Å²) in [5.74, 6) is -1.09. The van der Waals surface area contributed by atoms with Crippen LogP contribution in [-0.2, 0) is 23.4 Å². The fourth-order valence-electron chi connectivity index (χ4n) is 2.17. The van der Waals surface area contributed by atoms with E-state index >= 15 is 0 Å². The summed E-state index contributed by atoms with van der Waals surface area (Å²) < 4.78 is 23.5. The molecule has 1 saturated heterocycles. The number of esters is 1. The van der Waals surface area contributed by atoms with Crippen molar-refractivity contribution < 1.29 is 23.4 Å². The molecule has 1 fully saturated rings. The van der Waals surface area contributed by atoms with Gasteiger partial charge in [-0.2, -0.15) is 0 Å². The first kappa shape index (κ1) is 22.3. The molecule has 0 aromatic carbocycles. The third-order valence-electron chi connectivity index (χ3n) is 4.46. The third kappa shape index (κ3) is 7.21. The predicted octanol–water partition coefficient (Wildman–Crippen LogP) is 4.43. The van der Waals surface area contributed by atoms with Gasteiger partial charge in [0.05, 0.1) is 6.61 Å². The minimum Gasteiger partial charge on any atom is -0.457 e. The van der Waals surface area contributed by atoms with E-state index in [1.165, 1.54) is 6.08 Å². The summed E-state index contributed by atoms with van der Waals surface area (Å²) in [5.41, 5.74) is -0.515. The first-order valence-corrected chi connectivity index (χ1v) is 11.8. The SMILES string of the molecule is CC(C)(C)OC(=O)/C=C/[C@H]1OC(C)(C)O[C@H]1CO[Si](C)(C)C(C)(C)C. The Kier molecular flexibility index (Phi) is 6.71. The van der Waals surface area contributed by atoms with Crippen molar-refractivity contribution in [1.29, 1.82) is 0 Å². The van der Waals surface area contributed by atoms with Gasteiger partial charge in [-0.3, -0.25) is 0 Å². The fourth-order valence-corrected chi connectivity index (χ4v) is 3.19. The van der Waals surface area contributed by atoms with E-state index in [1.807, 2.05) is 34.6 Å². The van der Waals surface area contributed by atoms with E-state index in [2.05, 4.69) is 33.9 Å². The van der Waals surface area contributed by atoms with E-state index in [0.29, 0.717) is 6.61 Å². The van der Waals surface area contributed by atoms with Crippen molar-refractivity contribution in [1.82, 2.24) is 0 Å². The molecule has 2 atom stereocenters. The van der Waals surface area contributed by atoms with Crippen LogP contribution in [0.1, 0.15) is 55.4 Å². The van der Waals surface area contributed by atoms with Crippen LogP contribution in [0.5, 0.6) is 0 Å². The summed E-state index contributed by atoms with van der Waals surface area (Å²) >= 11 is 0. The van der Waals surface area contributed by atoms with Gasteiger partial charge in [-0.1, -0.05) is 20.8 Å². The molecular weight excluding hydrogens is 336 g/mol. The first-order valence-electron chi connectivity index (χ1n) is 8.93. The van der Waals surface area contributed by atoms with Crippen molar-refractivity contribution in [3.63, 3.8) is 0 Å². The highest BCUT2D eigenvalue weighted by atomic mass is 28.4. The van der Waals surface area contributed by atoms with E-state index < -0.39 is 19.7 Å². The monoisotopic (exact) mass is 372 g/mol. The number of rotatable bonds is 5. The molecular formula is C19H36O5Si. The molecule has 0 unspecified atom stereocenters. The highest BCUT2D eigenvalue weighted by Crippen LogP contribution is 2.37. The van der Waals surface area contributed by atoms with Crippen molar-refractivity contribution in [3.8, 4) is 0 Å². The summed E-state index contributed by atoms with van der Waals surface area (Å²) in [5, 5.41) is 0.129. The van der Waals surface area contributed by atoms with Crippen LogP contribution in [0.15, 0.2) is 12.2 Å². The molecule has 0 aliphatic carbocycles. The zero-order valence-electron chi connectivity index (χ0n) is 17.6. The average molecular weight is 373 g/mol. The minimum atomic E-state index is -1.88. The van der Waals surface area contributed by atoms with Crippen molar-refractivity contribution in [2.75, 3.05) is 6.61 Å². The molecule has 0 aromatic rings. The van der Waals surface area contributed by atoms with E-state index in [4.69, 9.17) is 18.6 Å². The summed E-state index contributed by atoms with van der Waals surface area (Å²) in [6.45, 7) is 20.7. The van der Waals surface area contributed by atoms with Crippen LogP contribution >= 0.6 is 0 Å². The van der Waals surface area contributed by atoms with Crippen molar-refractivity contribution in [3.05, 3.63) is 12.2 Å². The molecule has 0 amide bonds. The smallest absolute Gasteiger partial charge is 0.331 e. The quantitative estimate of drug-likeness (QED) is 0.406. The lowest BCUT2D eigenvalue weighted by Crippen LogP contribution is -2.43. The lowest BCUT2D eigenvalue weighted by Gasteiger charge is -2.37. The number of carbonyl (C=O) groups excluding carboxylic acids is 1. The molecule has 6 heteroatoms. The standard InChI is InChI=1S/C19H36O5Si/c1-17(2,3)24-16(20)12-11-14-15(23-19(7,8)22-14)13-21-25(9,10)18(4,5)6/h11-12,14-15H,13H2,1-10H3/b12-11+/t14-,15+/m1/s1. The van der Waals surface area contributed by atoms with E-state index in [-0.39, 0.29) is 23.2 Å². The van der Waals surface area contributed by atoms with Gasteiger partial charge in [-0.25, -0.2) is 4.79 Å². The molecule has 0 radical (unpaired) electrons. The van der Waals surface area contributed by atoms with Gasteiger partial charge in [0.15, 0.2) is 14.1 Å². The number of ether oxygens (including phenoxy) is 3. The molecule has 25 heavy (non-hydrogen) atoms. The summed E-state index contributed by atoms with van der Waals surface area (Å²) in [4.78, 5) is 11.9. The maximum atomic E-state index is 11.9. The maximum Gasteiger partial charge on any atom is 0.331 e. The fraction of sp³-hybridized carbons (Fsp3) is 0.842. The van der Waals surface area contributed by atoms with Gasteiger partial charge in [0.25, 0.3) is 0 Å². The molecule has 0 bridgehead atoms. The van der Waals surface area contributed by atoms with Gasteiger partial charge in [-0.15, -0.1) is 0 Å². The van der Waals surface area contributed by atoms with Crippen LogP contribution < -0.4 is 0 Å². The lowest BCUT2D eigenvalue weighted by molar-refractivity contribution is -0.149. The summed E-state index contributed by atoms with van der Waals surface area (Å²) in [6.07, 6.45) is 2.54. The zero-order valence-corrected chi connectivity index (χ0v) is 18.6. The van der Waals surface area contributed by atoms with Crippen LogP contribution in [0.25, 0.3) is 0 Å². The van der Waals surface area contributed by atoms with Gasteiger partial charge in [-0.05, 0) is 58.8 Å². The minimum absolute atomic E-state index is 0.129. The van der Waals surface area contributed by atoms with Gasteiger partial charge >= 0.3 is 5.97 Å². The van der Waals surface area contributed by atoms with Crippen LogP contribution in [0, 0.1) is 0 Å². The molecule has 146 valence electrons. The first-order chi connectivity index (χ1) is 11.0. The molecule has 0 aromatic heterocycles. The van der Waals surface area contributed by atoms with E-state index in [0.717, 1.165) is 0 Å². The summed E-state index contributed by atoms with van der Waals surface area (Å²) in [7, 11) is -1.88. The third-order valence-corrected chi connectivity index (χ3v) is 8.97. The van der Waals surface area contributed by atoms with Gasteiger partial charge < -0.3 is 18.6 Å².